The second-order valence-corrected chi connectivity index (χ2v) is 8.41. The molecule has 3 atom stereocenters. The van der Waals surface area contributed by atoms with Crippen molar-refractivity contribution in [1.29, 1.82) is 0 Å². The van der Waals surface area contributed by atoms with Gasteiger partial charge in [0.05, 0.1) is 12.3 Å². The molecule has 1 saturated heterocycles. The Kier molecular flexibility index (Phi) is 5.12. The van der Waals surface area contributed by atoms with Crippen molar-refractivity contribution >= 4 is 16.9 Å². The van der Waals surface area contributed by atoms with Gasteiger partial charge in [0.15, 0.2) is 5.76 Å². The van der Waals surface area contributed by atoms with Crippen LogP contribution in [0.4, 0.5) is 0 Å². The quantitative estimate of drug-likeness (QED) is 0.482. The van der Waals surface area contributed by atoms with Gasteiger partial charge in [0.25, 0.3) is 5.91 Å². The molecule has 2 aromatic heterocycles. The van der Waals surface area contributed by atoms with Crippen LogP contribution < -0.4 is 5.73 Å². The highest BCUT2D eigenvalue weighted by Crippen LogP contribution is 2.36. The molecule has 0 unspecified atom stereocenters. The van der Waals surface area contributed by atoms with Crippen LogP contribution in [-0.2, 0) is 6.42 Å². The van der Waals surface area contributed by atoms with Crippen LogP contribution in [0.3, 0.4) is 0 Å². The summed E-state index contributed by atoms with van der Waals surface area (Å²) in [5.74, 6) is 1.18. The molecule has 5 nitrogen and oxygen atoms in total. The Bertz CT molecular complexity index is 1190. The second-order valence-electron chi connectivity index (χ2n) is 8.41. The minimum Gasteiger partial charge on any atom is -0.464 e. The number of fused-ring (bicyclic) bond motifs is 1. The number of nitrogens with two attached hydrogens (primary N) is 1. The predicted molar refractivity (Wildman–Crippen MR) is 120 cm³/mol. The number of carbonyl (C=O) groups excluding carboxylic acids is 1. The van der Waals surface area contributed by atoms with Crippen LogP contribution >= 0.6 is 0 Å². The molecule has 2 aromatic carbocycles. The minimum atomic E-state index is -0.245. The summed E-state index contributed by atoms with van der Waals surface area (Å²) in [4.78, 5) is 15.4. The topological polar surface area (TPSA) is 72.6 Å². The van der Waals surface area contributed by atoms with Gasteiger partial charge in [-0.1, -0.05) is 48.5 Å². The summed E-state index contributed by atoms with van der Waals surface area (Å²) in [5, 5.41) is 1.11. The van der Waals surface area contributed by atoms with Crippen molar-refractivity contribution < 1.29 is 13.6 Å². The van der Waals surface area contributed by atoms with Crippen molar-refractivity contribution in [2.75, 3.05) is 6.54 Å². The lowest BCUT2D eigenvalue weighted by Gasteiger charge is -2.23. The maximum atomic E-state index is 13.4. The number of amides is 1. The summed E-state index contributed by atoms with van der Waals surface area (Å²) in [5.41, 5.74) is 9.18. The van der Waals surface area contributed by atoms with Gasteiger partial charge in [-0.2, -0.15) is 0 Å². The first kappa shape index (κ1) is 19.6. The molecule has 1 aliphatic rings. The maximum Gasteiger partial charge on any atom is 0.289 e. The molecule has 1 aliphatic heterocycles. The van der Waals surface area contributed by atoms with Crippen LogP contribution in [0.1, 0.15) is 52.7 Å². The van der Waals surface area contributed by atoms with Crippen LogP contribution in [0.5, 0.6) is 0 Å². The monoisotopic (exact) mass is 414 g/mol. The van der Waals surface area contributed by atoms with Crippen molar-refractivity contribution in [3.63, 3.8) is 0 Å². The van der Waals surface area contributed by atoms with Crippen molar-refractivity contribution in [3.8, 4) is 0 Å². The zero-order valence-corrected chi connectivity index (χ0v) is 17.5. The predicted octanol–water partition coefficient (Wildman–Crippen LogP) is 5.29. The molecule has 4 aromatic rings. The normalized spacial score (nSPS) is 19.7. The van der Waals surface area contributed by atoms with E-state index in [4.69, 9.17) is 14.6 Å². The first-order chi connectivity index (χ1) is 15.1. The third kappa shape index (κ3) is 3.77. The van der Waals surface area contributed by atoms with Gasteiger partial charge in [0.1, 0.15) is 11.3 Å². The van der Waals surface area contributed by atoms with E-state index in [2.05, 4.69) is 30.3 Å². The van der Waals surface area contributed by atoms with Crippen molar-refractivity contribution in [2.24, 2.45) is 5.73 Å². The molecule has 5 heteroatoms. The van der Waals surface area contributed by atoms with Gasteiger partial charge >= 0.3 is 0 Å². The lowest BCUT2D eigenvalue weighted by molar-refractivity contribution is 0.0700. The molecule has 0 saturated carbocycles. The fraction of sp³-hybridized carbons (Fsp3) is 0.269. The summed E-state index contributed by atoms with van der Waals surface area (Å²) < 4.78 is 11.5. The van der Waals surface area contributed by atoms with Crippen molar-refractivity contribution in [3.05, 3.63) is 95.6 Å². The van der Waals surface area contributed by atoms with Gasteiger partial charge in [0.2, 0.25) is 0 Å². The number of hydrogen-bond acceptors (Lipinski definition) is 4. The number of carbonyl (C=O) groups is 1. The van der Waals surface area contributed by atoms with E-state index in [1.54, 1.807) is 12.1 Å². The number of para-hydroxylation sites is 1. The van der Waals surface area contributed by atoms with Gasteiger partial charge in [-0.3, -0.25) is 4.79 Å². The van der Waals surface area contributed by atoms with E-state index in [0.29, 0.717) is 18.1 Å². The molecule has 2 N–H and O–H groups in total. The van der Waals surface area contributed by atoms with Crippen LogP contribution in [0.15, 0.2) is 81.8 Å². The molecule has 0 radical (unpaired) electrons. The molecule has 1 amide bonds. The molecular formula is C26H26N2O3. The van der Waals surface area contributed by atoms with Gasteiger partial charge in [-0.05, 0) is 43.5 Å². The van der Waals surface area contributed by atoms with E-state index in [9.17, 15) is 4.79 Å². The van der Waals surface area contributed by atoms with Gasteiger partial charge in [-0.15, -0.1) is 0 Å². The number of nitrogens with zero attached hydrogens (tertiary/aromatic N) is 1. The molecular weight excluding hydrogens is 388 g/mol. The maximum absolute atomic E-state index is 13.4. The summed E-state index contributed by atoms with van der Waals surface area (Å²) in [6.45, 7) is 2.51. The van der Waals surface area contributed by atoms with Gasteiger partial charge < -0.3 is 19.5 Å². The molecule has 5 rings (SSSR count). The first-order valence-corrected chi connectivity index (χ1v) is 10.8. The standard InChI is InChI=1S/C26H26N2O3/c1-17(27)23-11-12-25(31-23)26(29)28-15-19(18-7-3-2-4-8-18)13-21(28)14-20-16-30-24-10-6-5-9-22(20)24/h2-12,16-17,19,21H,13-15,27H2,1H3/t17-,19-,21-/m0/s1. The average Bonchev–Trinajstić information content (AvgIpc) is 3.53. The Morgan fingerprint density at radius 1 is 1.10 bits per heavy atom. The highest BCUT2D eigenvalue weighted by atomic mass is 16.4. The number of furan rings is 2. The molecule has 3 heterocycles. The Labute approximate surface area is 181 Å². The fourth-order valence-corrected chi connectivity index (χ4v) is 4.62. The zero-order chi connectivity index (χ0) is 21.4. The Morgan fingerprint density at radius 2 is 1.87 bits per heavy atom. The van der Waals surface area contributed by atoms with E-state index >= 15 is 0 Å². The largest absolute Gasteiger partial charge is 0.464 e. The van der Waals surface area contributed by atoms with Crippen molar-refractivity contribution in [2.45, 2.75) is 37.8 Å². The van der Waals surface area contributed by atoms with Gasteiger partial charge in [-0.25, -0.2) is 0 Å². The zero-order valence-electron chi connectivity index (χ0n) is 17.5. The van der Waals surface area contributed by atoms with E-state index in [-0.39, 0.29) is 23.9 Å². The van der Waals surface area contributed by atoms with Crippen molar-refractivity contribution in [1.82, 2.24) is 4.90 Å². The molecule has 31 heavy (non-hydrogen) atoms. The fourth-order valence-electron chi connectivity index (χ4n) is 4.62. The Balaban J connectivity index is 1.45. The first-order valence-electron chi connectivity index (χ1n) is 10.8. The lowest BCUT2D eigenvalue weighted by Crippen LogP contribution is -2.36. The van der Waals surface area contributed by atoms with E-state index in [1.165, 1.54) is 5.56 Å². The smallest absolute Gasteiger partial charge is 0.289 e. The van der Waals surface area contributed by atoms with E-state index in [0.717, 1.165) is 29.4 Å². The van der Waals surface area contributed by atoms with Gasteiger partial charge in [0, 0.05) is 29.5 Å². The summed E-state index contributed by atoms with van der Waals surface area (Å²) >= 11 is 0. The summed E-state index contributed by atoms with van der Waals surface area (Å²) in [6, 6.07) is 21.8. The molecule has 0 spiro atoms. The Morgan fingerprint density at radius 3 is 2.65 bits per heavy atom. The average molecular weight is 415 g/mol. The number of hydrogen-bond donors (Lipinski definition) is 1. The number of likely N-dealkylation sites (tertiary alicyclic amines) is 1. The molecule has 0 aliphatic carbocycles. The molecule has 1 fully saturated rings. The minimum absolute atomic E-state index is 0.0579. The van der Waals surface area contributed by atoms with Crippen LogP contribution in [-0.4, -0.2) is 23.4 Å². The highest BCUT2D eigenvalue weighted by Gasteiger charge is 2.37. The second kappa shape index (κ2) is 8.08. The number of benzene rings is 2. The van der Waals surface area contributed by atoms with Crippen LogP contribution in [0.25, 0.3) is 11.0 Å². The summed E-state index contributed by atoms with van der Waals surface area (Å²) in [7, 11) is 0. The molecule has 0 bridgehead atoms. The van der Waals surface area contributed by atoms with E-state index < -0.39 is 0 Å². The lowest BCUT2D eigenvalue weighted by atomic mass is 9.94. The van der Waals surface area contributed by atoms with E-state index in [1.807, 2.05) is 42.4 Å². The third-order valence-electron chi connectivity index (χ3n) is 6.25. The SMILES string of the molecule is C[C@H](N)c1ccc(C(=O)N2C[C@@H](c3ccccc3)C[C@H]2Cc2coc3ccccc23)o1. The number of rotatable bonds is 5. The van der Waals surface area contributed by atoms with Crippen LogP contribution in [0, 0.1) is 0 Å². The Hall–Kier alpha value is -3.31. The third-order valence-corrected chi connectivity index (χ3v) is 6.25. The highest BCUT2D eigenvalue weighted by molar-refractivity contribution is 5.92. The molecule has 158 valence electrons. The summed E-state index contributed by atoms with van der Waals surface area (Å²) in [6.07, 6.45) is 3.47. The van der Waals surface area contributed by atoms with Crippen LogP contribution in [0.2, 0.25) is 0 Å².